The van der Waals surface area contributed by atoms with Crippen LogP contribution in [0, 0.1) is 5.41 Å². The molecule has 2 rings (SSSR count). The summed E-state index contributed by atoms with van der Waals surface area (Å²) in [6.45, 7) is 6.22. The highest BCUT2D eigenvalue weighted by atomic mass is 16.5. The Labute approximate surface area is 143 Å². The van der Waals surface area contributed by atoms with Crippen molar-refractivity contribution in [1.29, 1.82) is 0 Å². The van der Waals surface area contributed by atoms with E-state index in [1.54, 1.807) is 6.92 Å². The Kier molecular flexibility index (Phi) is 5.72. The predicted molar refractivity (Wildman–Crippen MR) is 89.3 cm³/mol. The summed E-state index contributed by atoms with van der Waals surface area (Å²) in [6.07, 6.45) is 4.46. The van der Waals surface area contributed by atoms with Crippen LogP contribution in [0.2, 0.25) is 0 Å². The molecule has 1 aliphatic carbocycles. The maximum absolute atomic E-state index is 12.3. The largest absolute Gasteiger partial charge is 0.466 e. The molecule has 0 radical (unpaired) electrons. The summed E-state index contributed by atoms with van der Waals surface area (Å²) in [6, 6.07) is -0.447. The van der Waals surface area contributed by atoms with Crippen molar-refractivity contribution in [2.75, 3.05) is 13.2 Å². The normalized spacial score (nSPS) is 24.8. The molecule has 1 aliphatic heterocycles. The third-order valence-corrected chi connectivity index (χ3v) is 5.15. The van der Waals surface area contributed by atoms with Gasteiger partial charge in [0.1, 0.15) is 0 Å². The van der Waals surface area contributed by atoms with Crippen molar-refractivity contribution in [3.05, 3.63) is 0 Å². The molecular formula is C17H29N3O4. The fourth-order valence-corrected chi connectivity index (χ4v) is 3.65. The number of esters is 1. The van der Waals surface area contributed by atoms with Gasteiger partial charge in [0.2, 0.25) is 5.91 Å². The fraction of sp³-hybridized carbons (Fsp3) is 0.824. The monoisotopic (exact) mass is 339 g/mol. The molecule has 0 aromatic heterocycles. The van der Waals surface area contributed by atoms with Crippen LogP contribution in [0.3, 0.4) is 0 Å². The second-order valence-corrected chi connectivity index (χ2v) is 7.40. The lowest BCUT2D eigenvalue weighted by atomic mass is 9.86. The minimum Gasteiger partial charge on any atom is -0.466 e. The van der Waals surface area contributed by atoms with E-state index in [0.29, 0.717) is 19.4 Å². The number of piperidine rings is 1. The van der Waals surface area contributed by atoms with Gasteiger partial charge in [-0.2, -0.15) is 0 Å². The van der Waals surface area contributed by atoms with E-state index in [1.165, 1.54) is 0 Å². The molecule has 24 heavy (non-hydrogen) atoms. The van der Waals surface area contributed by atoms with Crippen molar-refractivity contribution in [2.45, 2.75) is 70.9 Å². The highest BCUT2D eigenvalue weighted by Crippen LogP contribution is 2.38. The highest BCUT2D eigenvalue weighted by molar-refractivity contribution is 5.81. The molecule has 0 spiro atoms. The maximum Gasteiger partial charge on any atom is 0.315 e. The fourth-order valence-electron chi connectivity index (χ4n) is 3.65. The van der Waals surface area contributed by atoms with Crippen molar-refractivity contribution in [3.8, 4) is 0 Å². The molecule has 7 heteroatoms. The second-order valence-electron chi connectivity index (χ2n) is 7.40. The lowest BCUT2D eigenvalue weighted by Gasteiger charge is -2.39. The molecule has 2 fully saturated rings. The van der Waals surface area contributed by atoms with Crippen molar-refractivity contribution < 1.29 is 19.1 Å². The molecule has 2 aliphatic rings. The molecule has 1 saturated heterocycles. The highest BCUT2D eigenvalue weighted by Gasteiger charge is 2.43. The van der Waals surface area contributed by atoms with E-state index in [9.17, 15) is 14.4 Å². The Bertz CT molecular complexity index is 498. The maximum atomic E-state index is 12.3. The third kappa shape index (κ3) is 4.19. The SMILES string of the molecule is CCOC(=O)C1(CNC(=O)NC2CCC(=O)NC2(C)C)CCCC1. The molecular weight excluding hydrogens is 310 g/mol. The number of amides is 3. The van der Waals surface area contributed by atoms with E-state index in [4.69, 9.17) is 4.74 Å². The van der Waals surface area contributed by atoms with Gasteiger partial charge < -0.3 is 20.7 Å². The molecule has 7 nitrogen and oxygen atoms in total. The Hall–Kier alpha value is -1.79. The van der Waals surface area contributed by atoms with Crippen LogP contribution < -0.4 is 16.0 Å². The predicted octanol–water partition coefficient (Wildman–Crippen LogP) is 1.47. The van der Waals surface area contributed by atoms with Crippen LogP contribution in [0.1, 0.15) is 59.3 Å². The molecule has 1 unspecified atom stereocenters. The van der Waals surface area contributed by atoms with E-state index in [2.05, 4.69) is 16.0 Å². The van der Waals surface area contributed by atoms with E-state index >= 15 is 0 Å². The number of ether oxygens (including phenoxy) is 1. The number of carbonyl (C=O) groups excluding carboxylic acids is 3. The first-order chi connectivity index (χ1) is 11.3. The van der Waals surface area contributed by atoms with Gasteiger partial charge in [-0.15, -0.1) is 0 Å². The van der Waals surface area contributed by atoms with Gasteiger partial charge in [-0.05, 0) is 40.0 Å². The van der Waals surface area contributed by atoms with E-state index < -0.39 is 11.0 Å². The number of rotatable bonds is 5. The van der Waals surface area contributed by atoms with Crippen LogP contribution in [0.25, 0.3) is 0 Å². The average Bonchev–Trinajstić information content (AvgIpc) is 2.98. The average molecular weight is 339 g/mol. The van der Waals surface area contributed by atoms with Gasteiger partial charge in [-0.1, -0.05) is 12.8 Å². The Morgan fingerprint density at radius 2 is 1.96 bits per heavy atom. The number of urea groups is 1. The summed E-state index contributed by atoms with van der Waals surface area (Å²) < 4.78 is 5.20. The van der Waals surface area contributed by atoms with Crippen LogP contribution in [0.4, 0.5) is 4.79 Å². The van der Waals surface area contributed by atoms with E-state index in [0.717, 1.165) is 25.7 Å². The number of carbonyl (C=O) groups is 3. The molecule has 136 valence electrons. The first-order valence-corrected chi connectivity index (χ1v) is 8.82. The van der Waals surface area contributed by atoms with Gasteiger partial charge in [0, 0.05) is 13.0 Å². The zero-order chi connectivity index (χ0) is 17.8. The Morgan fingerprint density at radius 1 is 1.29 bits per heavy atom. The van der Waals surface area contributed by atoms with Crippen LogP contribution in [-0.2, 0) is 14.3 Å². The quantitative estimate of drug-likeness (QED) is 0.661. The van der Waals surface area contributed by atoms with Crippen LogP contribution in [0.15, 0.2) is 0 Å². The molecule has 1 atom stereocenters. The summed E-state index contributed by atoms with van der Waals surface area (Å²) in [5.41, 5.74) is -1.08. The molecule has 1 heterocycles. The van der Waals surface area contributed by atoms with Crippen molar-refractivity contribution >= 4 is 17.9 Å². The van der Waals surface area contributed by atoms with Crippen molar-refractivity contribution in [1.82, 2.24) is 16.0 Å². The summed E-state index contributed by atoms with van der Waals surface area (Å²) >= 11 is 0. The van der Waals surface area contributed by atoms with E-state index in [-0.39, 0.29) is 30.5 Å². The van der Waals surface area contributed by atoms with Gasteiger partial charge in [0.15, 0.2) is 0 Å². The summed E-state index contributed by atoms with van der Waals surface area (Å²) in [7, 11) is 0. The Balaban J connectivity index is 1.90. The topological polar surface area (TPSA) is 96.5 Å². The first-order valence-electron chi connectivity index (χ1n) is 8.82. The zero-order valence-electron chi connectivity index (χ0n) is 14.9. The summed E-state index contributed by atoms with van der Waals surface area (Å²) in [5, 5.41) is 8.66. The zero-order valence-corrected chi connectivity index (χ0v) is 14.9. The molecule has 0 aromatic carbocycles. The van der Waals surface area contributed by atoms with Gasteiger partial charge in [0.25, 0.3) is 0 Å². The smallest absolute Gasteiger partial charge is 0.315 e. The molecule has 1 saturated carbocycles. The van der Waals surface area contributed by atoms with Gasteiger partial charge in [0.05, 0.1) is 23.6 Å². The van der Waals surface area contributed by atoms with E-state index in [1.807, 2.05) is 13.8 Å². The number of hydrogen-bond donors (Lipinski definition) is 3. The molecule has 3 amide bonds. The van der Waals surface area contributed by atoms with Crippen molar-refractivity contribution in [2.24, 2.45) is 5.41 Å². The molecule has 3 N–H and O–H groups in total. The Morgan fingerprint density at radius 3 is 2.54 bits per heavy atom. The lowest BCUT2D eigenvalue weighted by molar-refractivity contribution is -0.154. The second kappa shape index (κ2) is 7.40. The minimum atomic E-state index is -0.594. The number of hydrogen-bond acceptors (Lipinski definition) is 4. The van der Waals surface area contributed by atoms with Crippen LogP contribution in [-0.4, -0.2) is 42.6 Å². The summed E-state index contributed by atoms with van der Waals surface area (Å²) in [5.74, 6) is -0.210. The van der Waals surface area contributed by atoms with Crippen LogP contribution >= 0.6 is 0 Å². The van der Waals surface area contributed by atoms with Gasteiger partial charge in [-0.25, -0.2) is 4.79 Å². The first kappa shape index (κ1) is 18.5. The molecule has 0 aromatic rings. The van der Waals surface area contributed by atoms with Gasteiger partial charge >= 0.3 is 12.0 Å². The van der Waals surface area contributed by atoms with Crippen LogP contribution in [0.5, 0.6) is 0 Å². The number of nitrogens with one attached hydrogen (secondary N) is 3. The summed E-state index contributed by atoms with van der Waals surface area (Å²) in [4.78, 5) is 36.0. The molecule has 0 bridgehead atoms. The third-order valence-electron chi connectivity index (χ3n) is 5.15. The minimum absolute atomic E-state index is 0.00526. The van der Waals surface area contributed by atoms with Crippen molar-refractivity contribution in [3.63, 3.8) is 0 Å². The van der Waals surface area contributed by atoms with Gasteiger partial charge in [-0.3, -0.25) is 9.59 Å². The standard InChI is InChI=1S/C17H29N3O4/c1-4-24-14(22)17(9-5-6-10-17)11-18-15(23)19-12-7-8-13(21)20-16(12,2)3/h12H,4-11H2,1-3H3,(H,20,21)(H2,18,19,23). The lowest BCUT2D eigenvalue weighted by Crippen LogP contribution is -2.63.